The SMILES string of the molecule is CCC(C)Cn1c(C)c(C)c2cc(CNC3CC3)ccc21. The molecule has 2 nitrogen and oxygen atoms in total. The first-order chi connectivity index (χ1) is 10.1. The van der Waals surface area contributed by atoms with Gasteiger partial charge in [-0.1, -0.05) is 26.3 Å². The summed E-state index contributed by atoms with van der Waals surface area (Å²) in [4.78, 5) is 0. The largest absolute Gasteiger partial charge is 0.344 e. The predicted molar refractivity (Wildman–Crippen MR) is 90.7 cm³/mol. The van der Waals surface area contributed by atoms with Gasteiger partial charge in [-0.3, -0.25) is 0 Å². The van der Waals surface area contributed by atoms with E-state index in [4.69, 9.17) is 0 Å². The van der Waals surface area contributed by atoms with E-state index in [0.29, 0.717) is 0 Å². The Kier molecular flexibility index (Phi) is 4.08. The number of nitrogens with zero attached hydrogens (tertiary/aromatic N) is 1. The highest BCUT2D eigenvalue weighted by Gasteiger charge is 2.20. The summed E-state index contributed by atoms with van der Waals surface area (Å²) in [6.07, 6.45) is 3.94. The molecule has 1 unspecified atom stereocenters. The molecule has 1 aliphatic rings. The first-order valence-electron chi connectivity index (χ1n) is 8.41. The molecular weight excluding hydrogens is 256 g/mol. The van der Waals surface area contributed by atoms with E-state index in [0.717, 1.165) is 25.0 Å². The van der Waals surface area contributed by atoms with Crippen molar-refractivity contribution < 1.29 is 0 Å². The van der Waals surface area contributed by atoms with Gasteiger partial charge in [0.15, 0.2) is 0 Å². The molecular formula is C19H28N2. The summed E-state index contributed by atoms with van der Waals surface area (Å²) in [6, 6.07) is 7.78. The molecule has 0 amide bonds. The average Bonchev–Trinajstić information content (AvgIpc) is 3.29. The minimum Gasteiger partial charge on any atom is -0.344 e. The molecule has 1 atom stereocenters. The number of rotatable bonds is 6. The Hall–Kier alpha value is -1.28. The van der Waals surface area contributed by atoms with Crippen LogP contribution < -0.4 is 5.32 Å². The van der Waals surface area contributed by atoms with Crippen LogP contribution in [0.4, 0.5) is 0 Å². The van der Waals surface area contributed by atoms with Crippen LogP contribution in [-0.2, 0) is 13.1 Å². The zero-order valence-corrected chi connectivity index (χ0v) is 13.9. The van der Waals surface area contributed by atoms with E-state index in [9.17, 15) is 0 Å². The van der Waals surface area contributed by atoms with Crippen molar-refractivity contribution in [3.8, 4) is 0 Å². The first kappa shape index (κ1) is 14.6. The lowest BCUT2D eigenvalue weighted by Crippen LogP contribution is -2.15. The molecule has 1 aromatic carbocycles. The fourth-order valence-corrected chi connectivity index (χ4v) is 3.03. The summed E-state index contributed by atoms with van der Waals surface area (Å²) < 4.78 is 2.51. The Morgan fingerprint density at radius 1 is 1.29 bits per heavy atom. The van der Waals surface area contributed by atoms with E-state index in [1.54, 1.807) is 0 Å². The summed E-state index contributed by atoms with van der Waals surface area (Å²) in [5.41, 5.74) is 5.69. The predicted octanol–water partition coefficient (Wildman–Crippen LogP) is 4.56. The highest BCUT2D eigenvalue weighted by Crippen LogP contribution is 2.28. The number of hydrogen-bond donors (Lipinski definition) is 1. The van der Waals surface area contributed by atoms with Gasteiger partial charge >= 0.3 is 0 Å². The van der Waals surface area contributed by atoms with Gasteiger partial charge in [-0.05, 0) is 55.9 Å². The third kappa shape index (κ3) is 3.01. The van der Waals surface area contributed by atoms with Crippen LogP contribution in [0.5, 0.6) is 0 Å². The Bertz CT molecular complexity index is 635. The lowest BCUT2D eigenvalue weighted by molar-refractivity contribution is 0.472. The topological polar surface area (TPSA) is 17.0 Å². The van der Waals surface area contributed by atoms with Crippen molar-refractivity contribution in [3.05, 3.63) is 35.0 Å². The Morgan fingerprint density at radius 3 is 2.71 bits per heavy atom. The van der Waals surface area contributed by atoms with Crippen LogP contribution in [0.2, 0.25) is 0 Å². The number of nitrogens with one attached hydrogen (secondary N) is 1. The lowest BCUT2D eigenvalue weighted by Gasteiger charge is -2.13. The van der Waals surface area contributed by atoms with Gasteiger partial charge < -0.3 is 9.88 Å². The second-order valence-corrected chi connectivity index (χ2v) is 6.84. The maximum atomic E-state index is 3.61. The number of aromatic nitrogens is 1. The van der Waals surface area contributed by atoms with Gasteiger partial charge in [0.05, 0.1) is 0 Å². The molecule has 0 spiro atoms. The van der Waals surface area contributed by atoms with Crippen molar-refractivity contribution in [2.75, 3.05) is 0 Å². The fraction of sp³-hybridized carbons (Fsp3) is 0.579. The maximum Gasteiger partial charge on any atom is 0.0485 e. The molecule has 1 fully saturated rings. The van der Waals surface area contributed by atoms with Crippen molar-refractivity contribution in [1.29, 1.82) is 0 Å². The summed E-state index contributed by atoms with van der Waals surface area (Å²) in [5.74, 6) is 0.731. The van der Waals surface area contributed by atoms with Gasteiger partial charge in [0.1, 0.15) is 0 Å². The van der Waals surface area contributed by atoms with Crippen LogP contribution in [0.15, 0.2) is 18.2 Å². The molecule has 0 radical (unpaired) electrons. The van der Waals surface area contributed by atoms with Gasteiger partial charge in [-0.25, -0.2) is 0 Å². The first-order valence-corrected chi connectivity index (χ1v) is 8.41. The molecule has 1 saturated carbocycles. The normalized spacial score (nSPS) is 16.6. The number of benzene rings is 1. The molecule has 2 heteroatoms. The van der Waals surface area contributed by atoms with Crippen LogP contribution in [-0.4, -0.2) is 10.6 Å². The molecule has 0 bridgehead atoms. The zero-order chi connectivity index (χ0) is 15.0. The summed E-state index contributed by atoms with van der Waals surface area (Å²) in [6.45, 7) is 11.3. The lowest BCUT2D eigenvalue weighted by atomic mass is 10.1. The smallest absolute Gasteiger partial charge is 0.0485 e. The summed E-state index contributed by atoms with van der Waals surface area (Å²) >= 11 is 0. The maximum absolute atomic E-state index is 3.61. The number of aryl methyl sites for hydroxylation is 1. The Labute approximate surface area is 128 Å². The van der Waals surface area contributed by atoms with Crippen LogP contribution >= 0.6 is 0 Å². The van der Waals surface area contributed by atoms with E-state index in [2.05, 4.69) is 55.8 Å². The van der Waals surface area contributed by atoms with Gasteiger partial charge in [-0.2, -0.15) is 0 Å². The van der Waals surface area contributed by atoms with Crippen molar-refractivity contribution in [2.24, 2.45) is 5.92 Å². The van der Waals surface area contributed by atoms with Crippen LogP contribution in [0, 0.1) is 19.8 Å². The molecule has 0 saturated heterocycles. The molecule has 1 aromatic heterocycles. The minimum absolute atomic E-state index is 0.731. The van der Waals surface area contributed by atoms with E-state index >= 15 is 0 Å². The van der Waals surface area contributed by atoms with E-state index in [-0.39, 0.29) is 0 Å². The molecule has 3 rings (SSSR count). The molecule has 1 aliphatic carbocycles. The van der Waals surface area contributed by atoms with E-state index in [1.807, 2.05) is 0 Å². The Morgan fingerprint density at radius 2 is 2.05 bits per heavy atom. The zero-order valence-electron chi connectivity index (χ0n) is 13.9. The minimum atomic E-state index is 0.731. The average molecular weight is 284 g/mol. The van der Waals surface area contributed by atoms with Crippen molar-refractivity contribution >= 4 is 10.9 Å². The van der Waals surface area contributed by atoms with Gasteiger partial charge in [0, 0.05) is 35.7 Å². The van der Waals surface area contributed by atoms with Crippen molar-refractivity contribution in [2.45, 2.75) is 66.1 Å². The van der Waals surface area contributed by atoms with E-state index < -0.39 is 0 Å². The highest BCUT2D eigenvalue weighted by atomic mass is 15.0. The van der Waals surface area contributed by atoms with E-state index in [1.165, 1.54) is 47.0 Å². The Balaban J connectivity index is 1.91. The quantitative estimate of drug-likeness (QED) is 0.823. The van der Waals surface area contributed by atoms with Gasteiger partial charge in [0.2, 0.25) is 0 Å². The summed E-state index contributed by atoms with van der Waals surface area (Å²) in [5, 5.41) is 5.05. The molecule has 21 heavy (non-hydrogen) atoms. The second-order valence-electron chi connectivity index (χ2n) is 6.84. The summed E-state index contributed by atoms with van der Waals surface area (Å²) in [7, 11) is 0. The second kappa shape index (κ2) is 5.84. The fourth-order valence-electron chi connectivity index (χ4n) is 3.03. The standard InChI is InChI=1S/C19H28N2/c1-5-13(2)12-21-15(4)14(3)18-10-16(6-9-19(18)21)11-20-17-7-8-17/h6,9-10,13,17,20H,5,7-8,11-12H2,1-4H3. The molecule has 114 valence electrons. The number of fused-ring (bicyclic) bond motifs is 1. The number of hydrogen-bond acceptors (Lipinski definition) is 1. The van der Waals surface area contributed by atoms with Gasteiger partial charge in [0.25, 0.3) is 0 Å². The highest BCUT2D eigenvalue weighted by molar-refractivity contribution is 5.86. The van der Waals surface area contributed by atoms with Crippen molar-refractivity contribution in [3.63, 3.8) is 0 Å². The van der Waals surface area contributed by atoms with Crippen LogP contribution in [0.1, 0.15) is 49.9 Å². The van der Waals surface area contributed by atoms with Crippen LogP contribution in [0.25, 0.3) is 10.9 Å². The van der Waals surface area contributed by atoms with Crippen molar-refractivity contribution in [1.82, 2.24) is 9.88 Å². The molecule has 1 N–H and O–H groups in total. The van der Waals surface area contributed by atoms with Crippen LogP contribution in [0.3, 0.4) is 0 Å². The monoisotopic (exact) mass is 284 g/mol. The molecule has 1 heterocycles. The molecule has 0 aliphatic heterocycles. The third-order valence-corrected chi connectivity index (χ3v) is 5.07. The van der Waals surface area contributed by atoms with Gasteiger partial charge in [-0.15, -0.1) is 0 Å². The molecule has 2 aromatic rings. The third-order valence-electron chi connectivity index (χ3n) is 5.07.